The van der Waals surface area contributed by atoms with Crippen LogP contribution in [-0.4, -0.2) is 28.4 Å². The molecule has 1 rings (SSSR count). The van der Waals surface area contributed by atoms with Crippen molar-refractivity contribution >= 4 is 0 Å². The summed E-state index contributed by atoms with van der Waals surface area (Å²) in [6, 6.07) is 6.52. The van der Waals surface area contributed by atoms with Gasteiger partial charge in [-0.2, -0.15) is 0 Å². The quantitative estimate of drug-likeness (QED) is 0.353. The predicted molar refractivity (Wildman–Crippen MR) is 55.1 cm³/mol. The second kappa shape index (κ2) is 7.58. The molecule has 16 heavy (non-hydrogen) atoms. The Morgan fingerprint density at radius 3 is 1.69 bits per heavy atom. The van der Waals surface area contributed by atoms with E-state index in [1.807, 2.05) is 0 Å². The van der Waals surface area contributed by atoms with Crippen LogP contribution in [0.4, 0.5) is 0 Å². The summed E-state index contributed by atoms with van der Waals surface area (Å²) in [6.45, 7) is 0. The third-order valence-electron chi connectivity index (χ3n) is 1.98. The van der Waals surface area contributed by atoms with Gasteiger partial charge in [0.1, 0.15) is 0 Å². The largest absolute Gasteiger partial charge is 1.00 e. The fourth-order valence-corrected chi connectivity index (χ4v) is 1.26. The molecule has 4 nitrogen and oxygen atoms in total. The van der Waals surface area contributed by atoms with Crippen LogP contribution in [-0.2, 0) is 9.47 Å². The van der Waals surface area contributed by atoms with Crippen molar-refractivity contribution in [2.24, 2.45) is 0 Å². The maximum atomic E-state index is 5.14. The summed E-state index contributed by atoms with van der Waals surface area (Å²) < 4.78 is 20.5. The zero-order chi connectivity index (χ0) is 11.3. The third kappa shape index (κ3) is 3.73. The van der Waals surface area contributed by atoms with E-state index in [1.54, 1.807) is 40.6 Å². The number of rotatable bonds is 5. The minimum Gasteiger partial charge on any atom is -0.522 e. The van der Waals surface area contributed by atoms with E-state index in [1.165, 1.54) is 0 Å². The van der Waals surface area contributed by atoms with E-state index in [0.717, 1.165) is 5.56 Å². The number of hydrogen-bond acceptors (Lipinski definition) is 4. The third-order valence-corrected chi connectivity index (χ3v) is 1.98. The van der Waals surface area contributed by atoms with Crippen molar-refractivity contribution in [2.75, 3.05) is 28.4 Å². The van der Waals surface area contributed by atoms with E-state index in [4.69, 9.17) is 18.9 Å². The van der Waals surface area contributed by atoms with Crippen LogP contribution in [0, 0.1) is 6.07 Å². The Balaban J connectivity index is 0.00000225. The molecule has 0 saturated carbocycles. The summed E-state index contributed by atoms with van der Waals surface area (Å²) in [5, 5.41) is 0. The average Bonchev–Trinajstić information content (AvgIpc) is 2.30. The molecule has 0 amide bonds. The van der Waals surface area contributed by atoms with Gasteiger partial charge in [0.25, 0.3) is 0 Å². The first-order valence-corrected chi connectivity index (χ1v) is 4.46. The fraction of sp³-hybridized carbons (Fsp3) is 0.455. The Morgan fingerprint density at radius 2 is 1.38 bits per heavy atom. The Morgan fingerprint density at radius 1 is 0.938 bits per heavy atom. The van der Waals surface area contributed by atoms with E-state index < -0.39 is 6.29 Å². The van der Waals surface area contributed by atoms with Gasteiger partial charge in [0, 0.05) is 25.7 Å². The van der Waals surface area contributed by atoms with Crippen LogP contribution >= 0.6 is 0 Å². The van der Waals surface area contributed by atoms with Crippen molar-refractivity contribution in [3.05, 3.63) is 23.8 Å². The first kappa shape index (κ1) is 15.3. The minimum absolute atomic E-state index is 0. The van der Waals surface area contributed by atoms with Crippen molar-refractivity contribution in [3.8, 4) is 11.5 Å². The van der Waals surface area contributed by atoms with Crippen LogP contribution in [0.1, 0.15) is 11.9 Å². The summed E-state index contributed by atoms with van der Waals surface area (Å²) in [5.74, 6) is 1.17. The van der Waals surface area contributed by atoms with Gasteiger partial charge in [0.2, 0.25) is 0 Å². The van der Waals surface area contributed by atoms with Gasteiger partial charge in [-0.15, -0.1) is 12.1 Å². The summed E-state index contributed by atoms with van der Waals surface area (Å²) in [6.07, 6.45) is -0.428. The molecule has 0 fully saturated rings. The molecule has 0 N–H and O–H groups in total. The minimum atomic E-state index is -0.428. The van der Waals surface area contributed by atoms with Gasteiger partial charge in [0.15, 0.2) is 6.29 Å². The van der Waals surface area contributed by atoms with Crippen LogP contribution in [0.3, 0.4) is 0 Å². The van der Waals surface area contributed by atoms with E-state index in [9.17, 15) is 0 Å². The smallest absolute Gasteiger partial charge is 0.522 e. The standard InChI is InChI=1S/C11H15O4.Li/c1-12-9-5-8(11(14-3)15-4)6-10(7-9)13-2;/h5-6,11H,1-4H3;/q-1;+1. The summed E-state index contributed by atoms with van der Waals surface area (Å²) in [4.78, 5) is 0. The number of methoxy groups -OCH3 is 4. The normalized spacial score (nSPS) is 9.81. The molecule has 0 aliphatic heterocycles. The maximum absolute atomic E-state index is 5.14. The zero-order valence-corrected chi connectivity index (χ0v) is 10.4. The number of benzene rings is 1. The first-order valence-electron chi connectivity index (χ1n) is 4.46. The molecule has 0 aromatic heterocycles. The van der Waals surface area contributed by atoms with Gasteiger partial charge in [0.05, 0.1) is 14.2 Å². The van der Waals surface area contributed by atoms with Gasteiger partial charge in [-0.1, -0.05) is 11.6 Å². The monoisotopic (exact) mass is 218 g/mol. The number of ether oxygens (including phenoxy) is 4. The molecule has 1 aromatic carbocycles. The Bertz CT molecular complexity index is 291. The second-order valence-electron chi connectivity index (χ2n) is 2.85. The van der Waals surface area contributed by atoms with Gasteiger partial charge in [-0.25, -0.2) is 0 Å². The molecule has 0 aliphatic carbocycles. The van der Waals surface area contributed by atoms with Crippen molar-refractivity contribution < 1.29 is 37.8 Å². The SMILES string of the molecule is COc1[c-]c(OC)cc(C(OC)OC)c1.[Li+]. The van der Waals surface area contributed by atoms with Crippen LogP contribution in [0.5, 0.6) is 11.5 Å². The summed E-state index contributed by atoms with van der Waals surface area (Å²) in [5.41, 5.74) is 0.826. The predicted octanol–water partition coefficient (Wildman–Crippen LogP) is -1.20. The van der Waals surface area contributed by atoms with Crippen molar-refractivity contribution in [1.29, 1.82) is 0 Å². The van der Waals surface area contributed by atoms with Crippen molar-refractivity contribution in [3.63, 3.8) is 0 Å². The molecule has 0 bridgehead atoms. The van der Waals surface area contributed by atoms with Gasteiger partial charge >= 0.3 is 18.9 Å². The van der Waals surface area contributed by atoms with E-state index in [-0.39, 0.29) is 18.9 Å². The van der Waals surface area contributed by atoms with Crippen molar-refractivity contribution in [1.82, 2.24) is 0 Å². The molecule has 0 unspecified atom stereocenters. The molecule has 0 atom stereocenters. The van der Waals surface area contributed by atoms with E-state index in [2.05, 4.69) is 6.07 Å². The van der Waals surface area contributed by atoms with Crippen LogP contribution in [0.2, 0.25) is 0 Å². The Kier molecular flexibility index (Phi) is 7.27. The van der Waals surface area contributed by atoms with E-state index >= 15 is 0 Å². The van der Waals surface area contributed by atoms with Crippen LogP contribution in [0.25, 0.3) is 0 Å². The molecule has 0 saturated heterocycles. The van der Waals surface area contributed by atoms with Crippen LogP contribution < -0.4 is 28.3 Å². The number of hydrogen-bond donors (Lipinski definition) is 0. The molecule has 0 spiro atoms. The molecule has 1 aromatic rings. The molecular weight excluding hydrogens is 203 g/mol. The van der Waals surface area contributed by atoms with Gasteiger partial charge < -0.3 is 18.9 Å². The summed E-state index contributed by atoms with van der Waals surface area (Å²) >= 11 is 0. The van der Waals surface area contributed by atoms with Crippen LogP contribution in [0.15, 0.2) is 12.1 Å². The Hall–Kier alpha value is -0.663. The topological polar surface area (TPSA) is 36.9 Å². The molecule has 5 heteroatoms. The van der Waals surface area contributed by atoms with E-state index in [0.29, 0.717) is 11.5 Å². The molecule has 0 radical (unpaired) electrons. The molecule has 84 valence electrons. The zero-order valence-electron chi connectivity index (χ0n) is 10.4. The molecule has 0 heterocycles. The van der Waals surface area contributed by atoms with Crippen molar-refractivity contribution in [2.45, 2.75) is 6.29 Å². The van der Waals surface area contributed by atoms with Gasteiger partial charge in [-0.3, -0.25) is 0 Å². The average molecular weight is 218 g/mol. The van der Waals surface area contributed by atoms with Gasteiger partial charge in [-0.05, 0) is 0 Å². The Labute approximate surface area is 108 Å². The summed E-state index contributed by atoms with van der Waals surface area (Å²) in [7, 11) is 6.29. The molecular formula is C11H15LiO4. The first-order chi connectivity index (χ1) is 7.24. The maximum Gasteiger partial charge on any atom is 1.00 e. The fourth-order valence-electron chi connectivity index (χ4n) is 1.26. The second-order valence-corrected chi connectivity index (χ2v) is 2.85. The molecule has 0 aliphatic rings.